The molecule has 21 heavy (non-hydrogen) atoms. The predicted molar refractivity (Wildman–Crippen MR) is 82.3 cm³/mol. The average Bonchev–Trinajstić information content (AvgIpc) is 2.93. The number of rotatable bonds is 7. The fraction of sp³-hybridized carbons (Fsp3) is 0.786. The van der Waals surface area contributed by atoms with Crippen LogP contribution >= 0.6 is 0 Å². The molecule has 0 radical (unpaired) electrons. The molecule has 1 aliphatic rings. The highest BCUT2D eigenvalue weighted by Gasteiger charge is 2.15. The van der Waals surface area contributed by atoms with E-state index >= 15 is 0 Å². The Balaban J connectivity index is 1.74. The Labute approximate surface area is 126 Å². The van der Waals surface area contributed by atoms with E-state index in [1.807, 2.05) is 6.92 Å². The van der Waals surface area contributed by atoms with Gasteiger partial charge in [0.2, 0.25) is 0 Å². The van der Waals surface area contributed by atoms with Crippen LogP contribution in [-0.2, 0) is 24.2 Å². The van der Waals surface area contributed by atoms with Crippen molar-refractivity contribution in [1.29, 1.82) is 0 Å². The highest BCUT2D eigenvalue weighted by molar-refractivity contribution is 5.79. The number of guanidine groups is 1. The van der Waals surface area contributed by atoms with Gasteiger partial charge in [0.1, 0.15) is 5.82 Å². The SMILES string of the molecule is CCOCCCNC(=NC)NCc1nnc2n1CCCC2. The lowest BCUT2D eigenvalue weighted by Crippen LogP contribution is -2.38. The third-order valence-electron chi connectivity index (χ3n) is 3.54. The minimum absolute atomic E-state index is 0.651. The Kier molecular flexibility index (Phi) is 6.46. The molecule has 1 aliphatic heterocycles. The number of ether oxygens (including phenoxy) is 1. The van der Waals surface area contributed by atoms with E-state index in [9.17, 15) is 0 Å². The molecule has 0 fully saturated rings. The minimum atomic E-state index is 0.651. The molecule has 2 N–H and O–H groups in total. The largest absolute Gasteiger partial charge is 0.382 e. The van der Waals surface area contributed by atoms with Crippen LogP contribution in [0.15, 0.2) is 4.99 Å². The third kappa shape index (κ3) is 4.70. The van der Waals surface area contributed by atoms with Gasteiger partial charge in [-0.2, -0.15) is 0 Å². The number of hydrogen-bond donors (Lipinski definition) is 2. The second-order valence-corrected chi connectivity index (χ2v) is 5.04. The monoisotopic (exact) mass is 294 g/mol. The highest BCUT2D eigenvalue weighted by Crippen LogP contribution is 2.13. The van der Waals surface area contributed by atoms with Crippen molar-refractivity contribution in [2.24, 2.45) is 4.99 Å². The maximum absolute atomic E-state index is 5.31. The van der Waals surface area contributed by atoms with Crippen molar-refractivity contribution in [2.45, 2.75) is 45.7 Å². The Bertz CT molecular complexity index is 456. The highest BCUT2D eigenvalue weighted by atomic mass is 16.5. The van der Waals surface area contributed by atoms with Crippen LogP contribution in [-0.4, -0.2) is 47.5 Å². The first-order valence-electron chi connectivity index (χ1n) is 7.78. The molecule has 2 rings (SSSR count). The Morgan fingerprint density at radius 1 is 1.33 bits per heavy atom. The van der Waals surface area contributed by atoms with Gasteiger partial charge in [-0.3, -0.25) is 4.99 Å². The van der Waals surface area contributed by atoms with Gasteiger partial charge in [0, 0.05) is 39.8 Å². The van der Waals surface area contributed by atoms with Crippen LogP contribution in [0.5, 0.6) is 0 Å². The maximum Gasteiger partial charge on any atom is 0.191 e. The van der Waals surface area contributed by atoms with Gasteiger partial charge in [0.25, 0.3) is 0 Å². The van der Waals surface area contributed by atoms with Crippen LogP contribution in [0.1, 0.15) is 37.8 Å². The summed E-state index contributed by atoms with van der Waals surface area (Å²) in [4.78, 5) is 4.21. The smallest absolute Gasteiger partial charge is 0.191 e. The number of hydrogen-bond acceptors (Lipinski definition) is 4. The molecule has 0 aliphatic carbocycles. The van der Waals surface area contributed by atoms with Gasteiger partial charge in [-0.15, -0.1) is 10.2 Å². The van der Waals surface area contributed by atoms with Gasteiger partial charge in [-0.25, -0.2) is 0 Å². The fourth-order valence-electron chi connectivity index (χ4n) is 2.41. The molecule has 1 aromatic heterocycles. The summed E-state index contributed by atoms with van der Waals surface area (Å²) in [6.45, 7) is 6.08. The lowest BCUT2D eigenvalue weighted by molar-refractivity contribution is 0.145. The molecule has 0 saturated heterocycles. The van der Waals surface area contributed by atoms with Crippen LogP contribution in [0.4, 0.5) is 0 Å². The van der Waals surface area contributed by atoms with Gasteiger partial charge in [-0.05, 0) is 26.2 Å². The van der Waals surface area contributed by atoms with Crippen LogP contribution in [0, 0.1) is 0 Å². The Hall–Kier alpha value is -1.63. The molecule has 1 aromatic rings. The van der Waals surface area contributed by atoms with Crippen LogP contribution in [0.25, 0.3) is 0 Å². The lowest BCUT2D eigenvalue weighted by atomic mass is 10.2. The first-order chi connectivity index (χ1) is 10.3. The predicted octanol–water partition coefficient (Wildman–Crippen LogP) is 0.706. The topological polar surface area (TPSA) is 76.4 Å². The first-order valence-corrected chi connectivity index (χ1v) is 7.78. The van der Waals surface area contributed by atoms with Crippen molar-refractivity contribution in [3.05, 3.63) is 11.6 Å². The summed E-state index contributed by atoms with van der Waals surface area (Å²) in [6, 6.07) is 0. The van der Waals surface area contributed by atoms with Crippen LogP contribution in [0.3, 0.4) is 0 Å². The van der Waals surface area contributed by atoms with Crippen molar-refractivity contribution >= 4 is 5.96 Å². The van der Waals surface area contributed by atoms with Crippen molar-refractivity contribution in [3.8, 4) is 0 Å². The Morgan fingerprint density at radius 2 is 2.24 bits per heavy atom. The van der Waals surface area contributed by atoms with Gasteiger partial charge in [0.15, 0.2) is 11.8 Å². The minimum Gasteiger partial charge on any atom is -0.382 e. The zero-order chi connectivity index (χ0) is 14.9. The number of aliphatic imine (C=N–C) groups is 1. The van der Waals surface area contributed by atoms with Gasteiger partial charge >= 0.3 is 0 Å². The molecule has 118 valence electrons. The summed E-state index contributed by atoms with van der Waals surface area (Å²) in [5.41, 5.74) is 0. The van der Waals surface area contributed by atoms with Crippen molar-refractivity contribution in [2.75, 3.05) is 26.8 Å². The summed E-state index contributed by atoms with van der Waals surface area (Å²) in [7, 11) is 1.77. The van der Waals surface area contributed by atoms with E-state index in [4.69, 9.17) is 4.74 Å². The van der Waals surface area contributed by atoms with E-state index in [0.29, 0.717) is 6.54 Å². The second-order valence-electron chi connectivity index (χ2n) is 5.04. The summed E-state index contributed by atoms with van der Waals surface area (Å²) >= 11 is 0. The standard InChI is InChI=1S/C14H26N6O/c1-3-21-10-6-8-16-14(15-2)17-11-13-19-18-12-7-4-5-9-20(12)13/h3-11H2,1-2H3,(H2,15,16,17). The lowest BCUT2D eigenvalue weighted by Gasteiger charge is -2.16. The molecule has 0 unspecified atom stereocenters. The number of aromatic nitrogens is 3. The van der Waals surface area contributed by atoms with Crippen molar-refractivity contribution in [3.63, 3.8) is 0 Å². The van der Waals surface area contributed by atoms with E-state index in [1.165, 1.54) is 12.8 Å². The molecule has 0 saturated carbocycles. The molecule has 0 bridgehead atoms. The second kappa shape index (κ2) is 8.61. The maximum atomic E-state index is 5.31. The molecule has 0 amide bonds. The number of fused-ring (bicyclic) bond motifs is 1. The molecule has 7 heteroatoms. The normalized spacial score (nSPS) is 14.9. The van der Waals surface area contributed by atoms with E-state index in [-0.39, 0.29) is 0 Å². The van der Waals surface area contributed by atoms with E-state index in [1.54, 1.807) is 7.05 Å². The van der Waals surface area contributed by atoms with Crippen LogP contribution < -0.4 is 10.6 Å². The molecule has 7 nitrogen and oxygen atoms in total. The quantitative estimate of drug-likeness (QED) is 0.440. The zero-order valence-corrected chi connectivity index (χ0v) is 13.1. The number of aryl methyl sites for hydroxylation is 1. The molecule has 0 spiro atoms. The number of nitrogens with one attached hydrogen (secondary N) is 2. The van der Waals surface area contributed by atoms with E-state index in [2.05, 4.69) is 30.4 Å². The van der Waals surface area contributed by atoms with Crippen molar-refractivity contribution < 1.29 is 4.74 Å². The summed E-state index contributed by atoms with van der Waals surface area (Å²) < 4.78 is 7.53. The van der Waals surface area contributed by atoms with E-state index < -0.39 is 0 Å². The molecule has 2 heterocycles. The molecule has 0 aromatic carbocycles. The van der Waals surface area contributed by atoms with Crippen LogP contribution in [0.2, 0.25) is 0 Å². The Morgan fingerprint density at radius 3 is 3.05 bits per heavy atom. The summed E-state index contributed by atoms with van der Waals surface area (Å²) in [6.07, 6.45) is 4.43. The third-order valence-corrected chi connectivity index (χ3v) is 3.54. The first kappa shape index (κ1) is 15.8. The van der Waals surface area contributed by atoms with E-state index in [0.717, 1.165) is 56.8 Å². The molecule has 0 atom stereocenters. The number of nitrogens with zero attached hydrogens (tertiary/aromatic N) is 4. The van der Waals surface area contributed by atoms with Crippen molar-refractivity contribution in [1.82, 2.24) is 25.4 Å². The molecular formula is C14H26N6O. The van der Waals surface area contributed by atoms with Gasteiger partial charge in [0.05, 0.1) is 6.54 Å². The van der Waals surface area contributed by atoms with Gasteiger partial charge in [-0.1, -0.05) is 0 Å². The zero-order valence-electron chi connectivity index (χ0n) is 13.1. The molecular weight excluding hydrogens is 268 g/mol. The van der Waals surface area contributed by atoms with Gasteiger partial charge < -0.3 is 19.9 Å². The average molecular weight is 294 g/mol. The fourth-order valence-corrected chi connectivity index (χ4v) is 2.41. The summed E-state index contributed by atoms with van der Waals surface area (Å²) in [5, 5.41) is 15.1. The summed E-state index contributed by atoms with van der Waals surface area (Å²) in [5.74, 6) is 2.89.